The number of likely N-dealkylation sites (tertiary alicyclic amines) is 1. The average Bonchev–Trinajstić information content (AvgIpc) is 3.18. The summed E-state index contributed by atoms with van der Waals surface area (Å²) in [5, 5.41) is 2.89. The van der Waals surface area contributed by atoms with E-state index in [2.05, 4.69) is 10.2 Å². The Balaban J connectivity index is 1.35. The van der Waals surface area contributed by atoms with Crippen LogP contribution in [0.5, 0.6) is 11.5 Å². The lowest BCUT2D eigenvalue weighted by Gasteiger charge is -2.15. The summed E-state index contributed by atoms with van der Waals surface area (Å²) < 4.78 is 11.4. The number of aryl methyl sites for hydroxylation is 1. The summed E-state index contributed by atoms with van der Waals surface area (Å²) in [7, 11) is 0. The SMILES string of the molecule is Cc1ccccc1OCCC(=O)Nc1ccc(OCCN2CCCC2)cc1. The summed E-state index contributed by atoms with van der Waals surface area (Å²) in [5.74, 6) is 1.59. The number of amides is 1. The molecule has 0 atom stereocenters. The topological polar surface area (TPSA) is 50.8 Å². The first-order chi connectivity index (χ1) is 13.2. The number of hydrogen-bond acceptors (Lipinski definition) is 4. The van der Waals surface area contributed by atoms with Gasteiger partial charge in [-0.1, -0.05) is 18.2 Å². The molecule has 0 bridgehead atoms. The summed E-state index contributed by atoms with van der Waals surface area (Å²) in [6.07, 6.45) is 2.90. The van der Waals surface area contributed by atoms with Crippen molar-refractivity contribution in [3.8, 4) is 11.5 Å². The van der Waals surface area contributed by atoms with Crippen molar-refractivity contribution in [1.29, 1.82) is 0 Å². The maximum absolute atomic E-state index is 12.1. The molecule has 1 saturated heterocycles. The molecular weight excluding hydrogens is 340 g/mol. The van der Waals surface area contributed by atoms with Crippen molar-refractivity contribution in [3.05, 3.63) is 54.1 Å². The summed E-state index contributed by atoms with van der Waals surface area (Å²) in [6.45, 7) is 6.38. The Labute approximate surface area is 161 Å². The molecule has 1 amide bonds. The molecule has 144 valence electrons. The van der Waals surface area contributed by atoms with E-state index in [4.69, 9.17) is 9.47 Å². The molecule has 1 fully saturated rings. The van der Waals surface area contributed by atoms with Crippen molar-refractivity contribution in [2.45, 2.75) is 26.2 Å². The number of benzene rings is 2. The number of hydrogen-bond donors (Lipinski definition) is 1. The zero-order valence-corrected chi connectivity index (χ0v) is 15.9. The first-order valence-corrected chi connectivity index (χ1v) is 9.64. The largest absolute Gasteiger partial charge is 0.493 e. The third-order valence-corrected chi connectivity index (χ3v) is 4.69. The van der Waals surface area contributed by atoms with Gasteiger partial charge in [0.25, 0.3) is 0 Å². The third-order valence-electron chi connectivity index (χ3n) is 4.69. The fraction of sp³-hybridized carbons (Fsp3) is 0.409. The fourth-order valence-corrected chi connectivity index (χ4v) is 3.13. The Bertz CT molecular complexity index is 725. The van der Waals surface area contributed by atoms with Crippen LogP contribution in [0.1, 0.15) is 24.8 Å². The molecule has 0 aromatic heterocycles. The quantitative estimate of drug-likeness (QED) is 0.730. The molecule has 3 rings (SSSR count). The van der Waals surface area contributed by atoms with Gasteiger partial charge in [0.1, 0.15) is 18.1 Å². The molecular formula is C22H28N2O3. The lowest BCUT2D eigenvalue weighted by molar-refractivity contribution is -0.116. The highest BCUT2D eigenvalue weighted by Crippen LogP contribution is 2.18. The Morgan fingerprint density at radius 3 is 2.48 bits per heavy atom. The zero-order chi connectivity index (χ0) is 18.9. The summed E-state index contributed by atoms with van der Waals surface area (Å²) in [5.41, 5.74) is 1.83. The Kier molecular flexibility index (Phi) is 7.11. The molecule has 1 N–H and O–H groups in total. The van der Waals surface area contributed by atoms with Gasteiger partial charge < -0.3 is 14.8 Å². The van der Waals surface area contributed by atoms with Crippen LogP contribution in [0.15, 0.2) is 48.5 Å². The minimum Gasteiger partial charge on any atom is -0.493 e. The summed E-state index contributed by atoms with van der Waals surface area (Å²) in [6, 6.07) is 15.3. The highest BCUT2D eigenvalue weighted by Gasteiger charge is 2.10. The predicted molar refractivity (Wildman–Crippen MR) is 108 cm³/mol. The van der Waals surface area contributed by atoms with Crippen LogP contribution in [0.3, 0.4) is 0 Å². The number of ether oxygens (including phenoxy) is 2. The van der Waals surface area contributed by atoms with E-state index in [9.17, 15) is 4.79 Å². The number of para-hydroxylation sites is 1. The second-order valence-electron chi connectivity index (χ2n) is 6.83. The number of anilines is 1. The minimum absolute atomic E-state index is 0.0636. The summed E-state index contributed by atoms with van der Waals surface area (Å²) >= 11 is 0. The lowest BCUT2D eigenvalue weighted by Crippen LogP contribution is -2.25. The molecule has 0 unspecified atom stereocenters. The second-order valence-corrected chi connectivity index (χ2v) is 6.83. The van der Waals surface area contributed by atoms with Gasteiger partial charge in [0, 0.05) is 12.2 Å². The number of nitrogens with one attached hydrogen (secondary N) is 1. The van der Waals surface area contributed by atoms with Gasteiger partial charge in [-0.2, -0.15) is 0 Å². The van der Waals surface area contributed by atoms with Gasteiger partial charge in [0.05, 0.1) is 13.0 Å². The van der Waals surface area contributed by atoms with Crippen molar-refractivity contribution < 1.29 is 14.3 Å². The van der Waals surface area contributed by atoms with Crippen LogP contribution in [0.4, 0.5) is 5.69 Å². The Hall–Kier alpha value is -2.53. The third kappa shape index (κ3) is 6.29. The molecule has 27 heavy (non-hydrogen) atoms. The van der Waals surface area contributed by atoms with Crippen LogP contribution in [-0.2, 0) is 4.79 Å². The minimum atomic E-state index is -0.0636. The smallest absolute Gasteiger partial charge is 0.227 e. The number of carbonyl (C=O) groups excluding carboxylic acids is 1. The highest BCUT2D eigenvalue weighted by molar-refractivity contribution is 5.90. The molecule has 1 aliphatic rings. The van der Waals surface area contributed by atoms with Crippen molar-refractivity contribution in [2.24, 2.45) is 0 Å². The fourth-order valence-electron chi connectivity index (χ4n) is 3.13. The molecule has 1 heterocycles. The van der Waals surface area contributed by atoms with E-state index in [1.807, 2.05) is 55.5 Å². The van der Waals surface area contributed by atoms with Gasteiger partial charge in [-0.05, 0) is 68.8 Å². The molecule has 0 radical (unpaired) electrons. The van der Waals surface area contributed by atoms with E-state index < -0.39 is 0 Å². The monoisotopic (exact) mass is 368 g/mol. The Morgan fingerprint density at radius 2 is 1.74 bits per heavy atom. The van der Waals surface area contributed by atoms with Crippen LogP contribution in [-0.4, -0.2) is 43.7 Å². The average molecular weight is 368 g/mol. The van der Waals surface area contributed by atoms with Gasteiger partial charge >= 0.3 is 0 Å². The van der Waals surface area contributed by atoms with Gasteiger partial charge in [-0.15, -0.1) is 0 Å². The molecule has 0 spiro atoms. The maximum atomic E-state index is 12.1. The van der Waals surface area contributed by atoms with Gasteiger partial charge in [-0.25, -0.2) is 0 Å². The van der Waals surface area contributed by atoms with E-state index in [0.29, 0.717) is 19.6 Å². The molecule has 5 nitrogen and oxygen atoms in total. The maximum Gasteiger partial charge on any atom is 0.227 e. The van der Waals surface area contributed by atoms with E-state index in [1.165, 1.54) is 25.9 Å². The first kappa shape index (κ1) is 19.2. The standard InChI is InChI=1S/C22H28N2O3/c1-18-6-2-3-7-21(18)27-16-12-22(25)23-19-8-10-20(11-9-19)26-17-15-24-13-4-5-14-24/h2-3,6-11H,4-5,12-17H2,1H3,(H,23,25). The van der Waals surface area contributed by atoms with E-state index in [-0.39, 0.29) is 5.91 Å². The van der Waals surface area contributed by atoms with Crippen LogP contribution in [0, 0.1) is 6.92 Å². The van der Waals surface area contributed by atoms with Crippen molar-refractivity contribution in [3.63, 3.8) is 0 Å². The number of nitrogens with zero attached hydrogens (tertiary/aromatic N) is 1. The molecule has 1 aliphatic heterocycles. The van der Waals surface area contributed by atoms with Crippen LogP contribution in [0.25, 0.3) is 0 Å². The van der Waals surface area contributed by atoms with Crippen molar-refractivity contribution >= 4 is 11.6 Å². The van der Waals surface area contributed by atoms with E-state index >= 15 is 0 Å². The van der Waals surface area contributed by atoms with Crippen LogP contribution in [0.2, 0.25) is 0 Å². The predicted octanol–water partition coefficient (Wildman–Crippen LogP) is 3.88. The highest BCUT2D eigenvalue weighted by atomic mass is 16.5. The number of carbonyl (C=O) groups is 1. The molecule has 2 aromatic carbocycles. The van der Waals surface area contributed by atoms with Crippen molar-refractivity contribution in [2.75, 3.05) is 38.2 Å². The van der Waals surface area contributed by atoms with Gasteiger partial charge in [0.15, 0.2) is 0 Å². The van der Waals surface area contributed by atoms with E-state index in [0.717, 1.165) is 29.3 Å². The van der Waals surface area contributed by atoms with Crippen molar-refractivity contribution in [1.82, 2.24) is 4.90 Å². The number of rotatable bonds is 9. The normalized spacial score (nSPS) is 14.1. The zero-order valence-electron chi connectivity index (χ0n) is 15.9. The van der Waals surface area contributed by atoms with Gasteiger partial charge in [-0.3, -0.25) is 9.69 Å². The van der Waals surface area contributed by atoms with Gasteiger partial charge in [0.2, 0.25) is 5.91 Å². The molecule has 2 aromatic rings. The first-order valence-electron chi connectivity index (χ1n) is 9.64. The summed E-state index contributed by atoms with van der Waals surface area (Å²) in [4.78, 5) is 14.5. The molecule has 0 aliphatic carbocycles. The lowest BCUT2D eigenvalue weighted by atomic mass is 10.2. The van der Waals surface area contributed by atoms with Crippen LogP contribution >= 0.6 is 0 Å². The van der Waals surface area contributed by atoms with E-state index in [1.54, 1.807) is 0 Å². The molecule has 0 saturated carbocycles. The Morgan fingerprint density at radius 1 is 1.00 bits per heavy atom. The molecule has 5 heteroatoms. The second kappa shape index (κ2) is 9.97. The van der Waals surface area contributed by atoms with Crippen LogP contribution < -0.4 is 14.8 Å².